The number of sulfonamides is 1. The number of hydrogen-bond donors (Lipinski definition) is 0. The molecule has 0 N–H and O–H groups in total. The molecule has 1 aliphatic rings. The van der Waals surface area contributed by atoms with Crippen LogP contribution in [0.15, 0.2) is 29.4 Å². The molecule has 0 aliphatic carbocycles. The molecule has 4 heterocycles. The minimum Gasteiger partial charge on any atom is -0.335 e. The van der Waals surface area contributed by atoms with Crippen molar-refractivity contribution in [2.45, 2.75) is 23.9 Å². The lowest BCUT2D eigenvalue weighted by Crippen LogP contribution is -2.50. The highest BCUT2D eigenvalue weighted by molar-refractivity contribution is 7.89. The molecule has 3 aromatic heterocycles. The summed E-state index contributed by atoms with van der Waals surface area (Å²) in [7, 11) is -2.26. The molecular formula is C18H18F5N7O3S. The fourth-order valence-electron chi connectivity index (χ4n) is 3.55. The number of carbonyl (C=O) groups excluding carboxylic acids is 1. The first kappa shape index (κ1) is 24.0. The zero-order valence-electron chi connectivity index (χ0n) is 17.8. The number of fused-ring (bicyclic) bond motifs is 1. The first-order chi connectivity index (χ1) is 15.7. The van der Waals surface area contributed by atoms with Gasteiger partial charge in [-0.2, -0.15) is 36.5 Å². The van der Waals surface area contributed by atoms with Crippen molar-refractivity contribution in [3.63, 3.8) is 0 Å². The third kappa shape index (κ3) is 4.00. The number of alkyl halides is 5. The van der Waals surface area contributed by atoms with E-state index in [-0.39, 0.29) is 48.1 Å². The standard InChI is InChI=1S/C18H18F5N7O3S/c1-11-7-14(17(19,20)18(21,22)23)30-15(25-11)8-13(26-30)16(31)28-3-5-29(6-4-28)34(32,33)12-9-24-27(2)10-12/h7-10H,3-6H2,1-2H3. The van der Waals surface area contributed by atoms with E-state index in [1.807, 2.05) is 0 Å². The third-order valence-corrected chi connectivity index (χ3v) is 7.15. The Labute approximate surface area is 189 Å². The Morgan fingerprint density at radius 1 is 1.06 bits per heavy atom. The predicted octanol–water partition coefficient (Wildman–Crippen LogP) is 1.57. The lowest BCUT2D eigenvalue weighted by molar-refractivity contribution is -0.291. The number of piperazine rings is 1. The number of carbonyl (C=O) groups is 1. The Kier molecular flexibility index (Phi) is 5.63. The van der Waals surface area contributed by atoms with Gasteiger partial charge in [-0.15, -0.1) is 0 Å². The van der Waals surface area contributed by atoms with Gasteiger partial charge >= 0.3 is 12.1 Å². The number of amides is 1. The molecule has 0 radical (unpaired) electrons. The van der Waals surface area contributed by atoms with Crippen LogP contribution in [0.2, 0.25) is 0 Å². The highest BCUT2D eigenvalue weighted by atomic mass is 32.2. The topological polar surface area (TPSA) is 106 Å². The summed E-state index contributed by atoms with van der Waals surface area (Å²) in [4.78, 5) is 18.0. The van der Waals surface area contributed by atoms with Crippen LogP contribution in [0.25, 0.3) is 5.65 Å². The molecule has 4 rings (SSSR count). The number of aryl methyl sites for hydroxylation is 2. The Morgan fingerprint density at radius 3 is 2.26 bits per heavy atom. The lowest BCUT2D eigenvalue weighted by Gasteiger charge is -2.33. The molecule has 0 unspecified atom stereocenters. The van der Waals surface area contributed by atoms with E-state index in [2.05, 4.69) is 15.2 Å². The second kappa shape index (κ2) is 7.97. The van der Waals surface area contributed by atoms with E-state index in [0.29, 0.717) is 10.6 Å². The smallest absolute Gasteiger partial charge is 0.335 e. The molecule has 184 valence electrons. The van der Waals surface area contributed by atoms with Gasteiger partial charge < -0.3 is 4.90 Å². The monoisotopic (exact) mass is 507 g/mol. The van der Waals surface area contributed by atoms with Gasteiger partial charge in [0.25, 0.3) is 5.91 Å². The second-order valence-corrected chi connectivity index (χ2v) is 9.64. The van der Waals surface area contributed by atoms with E-state index in [9.17, 15) is 35.2 Å². The molecule has 1 amide bonds. The van der Waals surface area contributed by atoms with Crippen LogP contribution in [-0.4, -0.2) is 80.3 Å². The minimum atomic E-state index is -5.88. The molecule has 16 heteroatoms. The first-order valence-electron chi connectivity index (χ1n) is 9.82. The van der Waals surface area contributed by atoms with Crippen molar-refractivity contribution >= 4 is 21.6 Å². The van der Waals surface area contributed by atoms with Crippen molar-refractivity contribution in [2.75, 3.05) is 26.2 Å². The number of nitrogens with zero attached hydrogens (tertiary/aromatic N) is 7. The molecule has 0 bridgehead atoms. The molecule has 10 nitrogen and oxygen atoms in total. The number of hydrogen-bond acceptors (Lipinski definition) is 6. The van der Waals surface area contributed by atoms with Gasteiger partial charge in [0.05, 0.1) is 6.20 Å². The van der Waals surface area contributed by atoms with Gasteiger partial charge in [0.2, 0.25) is 10.0 Å². The van der Waals surface area contributed by atoms with Gasteiger partial charge in [-0.1, -0.05) is 0 Å². The van der Waals surface area contributed by atoms with Crippen LogP contribution in [0, 0.1) is 6.92 Å². The summed E-state index contributed by atoms with van der Waals surface area (Å²) in [5, 5.41) is 7.50. The second-order valence-electron chi connectivity index (χ2n) is 7.70. The number of aromatic nitrogens is 5. The van der Waals surface area contributed by atoms with Crippen LogP contribution in [0.3, 0.4) is 0 Å². The van der Waals surface area contributed by atoms with E-state index in [1.54, 1.807) is 7.05 Å². The number of halogens is 5. The van der Waals surface area contributed by atoms with Crippen LogP contribution in [-0.2, 0) is 23.0 Å². The van der Waals surface area contributed by atoms with E-state index < -0.39 is 33.7 Å². The summed E-state index contributed by atoms with van der Waals surface area (Å²) in [5.74, 6) is -5.97. The largest absolute Gasteiger partial charge is 0.459 e. The molecule has 0 saturated carbocycles. The van der Waals surface area contributed by atoms with E-state index in [1.165, 1.54) is 33.2 Å². The first-order valence-corrected chi connectivity index (χ1v) is 11.3. The average molecular weight is 507 g/mol. The summed E-state index contributed by atoms with van der Waals surface area (Å²) >= 11 is 0. The summed E-state index contributed by atoms with van der Waals surface area (Å²) in [5.41, 5.74) is -2.31. The van der Waals surface area contributed by atoms with E-state index >= 15 is 0 Å². The predicted molar refractivity (Wildman–Crippen MR) is 106 cm³/mol. The van der Waals surface area contributed by atoms with Gasteiger partial charge in [-0.05, 0) is 13.0 Å². The van der Waals surface area contributed by atoms with Crippen molar-refractivity contribution in [2.24, 2.45) is 7.05 Å². The molecule has 0 spiro atoms. The summed E-state index contributed by atoms with van der Waals surface area (Å²) < 4.78 is 95.1. The summed E-state index contributed by atoms with van der Waals surface area (Å²) in [6.45, 7) is 1.07. The fourth-order valence-corrected chi connectivity index (χ4v) is 4.96. The molecular weight excluding hydrogens is 489 g/mol. The van der Waals surface area contributed by atoms with Crippen molar-refractivity contribution in [3.05, 3.63) is 41.6 Å². The van der Waals surface area contributed by atoms with Crippen LogP contribution in [0.5, 0.6) is 0 Å². The molecule has 1 aliphatic heterocycles. The molecule has 0 atom stereocenters. The highest BCUT2D eigenvalue weighted by Gasteiger charge is 2.60. The Bertz CT molecular complexity index is 1360. The Morgan fingerprint density at radius 2 is 1.71 bits per heavy atom. The maximum absolute atomic E-state index is 14.1. The zero-order chi connectivity index (χ0) is 25.1. The van der Waals surface area contributed by atoms with Crippen LogP contribution >= 0.6 is 0 Å². The van der Waals surface area contributed by atoms with Crippen LogP contribution in [0.4, 0.5) is 22.0 Å². The van der Waals surface area contributed by atoms with Gasteiger partial charge in [0, 0.05) is 51.2 Å². The quantitative estimate of drug-likeness (QED) is 0.497. The Hall–Kier alpha value is -3.14. The van der Waals surface area contributed by atoms with Crippen molar-refractivity contribution < 1.29 is 35.2 Å². The highest BCUT2D eigenvalue weighted by Crippen LogP contribution is 2.43. The van der Waals surface area contributed by atoms with Crippen LogP contribution < -0.4 is 0 Å². The van der Waals surface area contributed by atoms with Crippen molar-refractivity contribution in [1.29, 1.82) is 0 Å². The maximum atomic E-state index is 14.1. The van der Waals surface area contributed by atoms with E-state index in [0.717, 1.165) is 6.07 Å². The minimum absolute atomic E-state index is 0.00491. The average Bonchev–Trinajstić information content (AvgIpc) is 3.38. The molecule has 1 saturated heterocycles. The molecule has 0 aromatic carbocycles. The number of rotatable bonds is 4. The SMILES string of the molecule is Cc1cc(C(F)(F)C(F)(F)F)n2nc(C(=O)N3CCN(S(=O)(=O)c4cnn(C)c4)CC3)cc2n1. The van der Waals surface area contributed by atoms with Crippen molar-refractivity contribution in [3.8, 4) is 0 Å². The molecule has 3 aromatic rings. The lowest BCUT2D eigenvalue weighted by atomic mass is 10.2. The molecule has 34 heavy (non-hydrogen) atoms. The third-order valence-electron chi connectivity index (χ3n) is 5.30. The zero-order valence-corrected chi connectivity index (χ0v) is 18.6. The van der Waals surface area contributed by atoms with E-state index in [4.69, 9.17) is 0 Å². The van der Waals surface area contributed by atoms with Gasteiger partial charge in [-0.25, -0.2) is 17.9 Å². The summed E-state index contributed by atoms with van der Waals surface area (Å²) in [6.07, 6.45) is -3.33. The van der Waals surface area contributed by atoms with Gasteiger partial charge in [-0.3, -0.25) is 9.48 Å². The normalized spacial score (nSPS) is 16.4. The molecule has 1 fully saturated rings. The van der Waals surface area contributed by atoms with Gasteiger partial charge in [0.1, 0.15) is 10.6 Å². The maximum Gasteiger partial charge on any atom is 0.459 e. The Balaban J connectivity index is 1.57. The summed E-state index contributed by atoms with van der Waals surface area (Å²) in [6, 6.07) is 1.58. The van der Waals surface area contributed by atoms with Crippen molar-refractivity contribution in [1.82, 2.24) is 33.6 Å². The van der Waals surface area contributed by atoms with Gasteiger partial charge in [0.15, 0.2) is 11.3 Å². The van der Waals surface area contributed by atoms with Crippen LogP contribution in [0.1, 0.15) is 21.9 Å². The fraction of sp³-hybridized carbons (Fsp3) is 0.444.